The van der Waals surface area contributed by atoms with Gasteiger partial charge in [-0.1, -0.05) is 29.5 Å². The second-order valence-corrected chi connectivity index (χ2v) is 8.68. The average Bonchev–Trinajstić information content (AvgIpc) is 3.40. The number of likely N-dealkylation sites (N-methyl/N-ethyl adjacent to an activating group) is 1. The summed E-state index contributed by atoms with van der Waals surface area (Å²) in [5, 5.41) is 14.3. The molecule has 160 valence electrons. The lowest BCUT2D eigenvalue weighted by Crippen LogP contribution is -2.47. The molecule has 1 fully saturated rings. The van der Waals surface area contributed by atoms with Crippen LogP contribution in [0.2, 0.25) is 0 Å². The van der Waals surface area contributed by atoms with Crippen LogP contribution in [0.3, 0.4) is 0 Å². The summed E-state index contributed by atoms with van der Waals surface area (Å²) in [6.45, 7) is 3.24. The highest BCUT2D eigenvalue weighted by Crippen LogP contribution is 2.30. The number of rotatable bonds is 3. The maximum atomic E-state index is 14.1. The standard InChI is InChI=1S/C23H19FN6OS/c1-28-8-10-29(11-9-28)22(31)16-4-2-15(3-5-16)21-27-30-20(14-26-23(30)32-21)17-6-7-18(13-25)19(24)12-17/h2-7,12,14H,8-11H2,1H3. The van der Waals surface area contributed by atoms with Gasteiger partial charge in [-0.15, -0.1) is 0 Å². The van der Waals surface area contributed by atoms with Gasteiger partial charge in [-0.05, 0) is 31.3 Å². The number of halogens is 1. The Balaban J connectivity index is 1.40. The average molecular weight is 447 g/mol. The topological polar surface area (TPSA) is 77.5 Å². The summed E-state index contributed by atoms with van der Waals surface area (Å²) in [6.07, 6.45) is 1.64. The lowest BCUT2D eigenvalue weighted by molar-refractivity contribution is 0.0664. The Kier molecular flexibility index (Phi) is 5.17. The van der Waals surface area contributed by atoms with Crippen molar-refractivity contribution in [3.05, 3.63) is 65.6 Å². The highest BCUT2D eigenvalue weighted by atomic mass is 32.1. The molecule has 1 aliphatic heterocycles. The fourth-order valence-corrected chi connectivity index (χ4v) is 4.60. The number of carbonyl (C=O) groups is 1. The van der Waals surface area contributed by atoms with Crippen LogP contribution in [0.1, 0.15) is 15.9 Å². The molecule has 0 N–H and O–H groups in total. The van der Waals surface area contributed by atoms with Crippen molar-refractivity contribution in [2.24, 2.45) is 0 Å². The van der Waals surface area contributed by atoms with Crippen LogP contribution in [0.4, 0.5) is 4.39 Å². The molecule has 1 saturated heterocycles. The van der Waals surface area contributed by atoms with Gasteiger partial charge < -0.3 is 9.80 Å². The van der Waals surface area contributed by atoms with Crippen LogP contribution in [0.5, 0.6) is 0 Å². The largest absolute Gasteiger partial charge is 0.336 e. The van der Waals surface area contributed by atoms with E-state index in [0.717, 1.165) is 36.8 Å². The molecule has 4 aromatic rings. The number of carbonyl (C=O) groups excluding carboxylic acids is 1. The number of hydrogen-bond acceptors (Lipinski definition) is 6. The van der Waals surface area contributed by atoms with Gasteiger partial charge in [0.05, 0.1) is 17.5 Å². The van der Waals surface area contributed by atoms with Gasteiger partial charge in [-0.3, -0.25) is 4.79 Å². The minimum absolute atomic E-state index is 0.000290. The van der Waals surface area contributed by atoms with E-state index in [9.17, 15) is 9.18 Å². The summed E-state index contributed by atoms with van der Waals surface area (Å²) in [6, 6.07) is 13.7. The Morgan fingerprint density at radius 2 is 1.81 bits per heavy atom. The van der Waals surface area contributed by atoms with Crippen molar-refractivity contribution in [1.29, 1.82) is 5.26 Å². The molecule has 9 heteroatoms. The van der Waals surface area contributed by atoms with Crippen molar-refractivity contribution in [2.75, 3.05) is 33.2 Å². The van der Waals surface area contributed by atoms with Gasteiger partial charge in [0.2, 0.25) is 4.96 Å². The van der Waals surface area contributed by atoms with Crippen LogP contribution in [-0.2, 0) is 0 Å². The van der Waals surface area contributed by atoms with Crippen molar-refractivity contribution in [2.45, 2.75) is 0 Å². The van der Waals surface area contributed by atoms with Crippen LogP contribution in [0, 0.1) is 17.1 Å². The first-order valence-electron chi connectivity index (χ1n) is 10.2. The number of fused-ring (bicyclic) bond motifs is 1. The summed E-state index contributed by atoms with van der Waals surface area (Å²) >= 11 is 1.41. The molecule has 5 rings (SSSR count). The number of nitriles is 1. The Labute approximate surface area is 187 Å². The van der Waals surface area contributed by atoms with Crippen LogP contribution in [0.25, 0.3) is 26.8 Å². The summed E-state index contributed by atoms with van der Waals surface area (Å²) in [7, 11) is 2.06. The Morgan fingerprint density at radius 3 is 2.50 bits per heavy atom. The number of benzene rings is 2. The normalized spacial score (nSPS) is 14.6. The van der Waals surface area contributed by atoms with E-state index in [4.69, 9.17) is 5.26 Å². The number of piperazine rings is 1. The molecule has 1 amide bonds. The SMILES string of the molecule is CN1CCN(C(=O)c2ccc(-c3nn4c(-c5ccc(C#N)c(F)c5)cnc4s3)cc2)CC1. The van der Waals surface area contributed by atoms with Gasteiger partial charge in [0.25, 0.3) is 5.91 Å². The van der Waals surface area contributed by atoms with Gasteiger partial charge in [0.15, 0.2) is 0 Å². The fraction of sp³-hybridized carbons (Fsp3) is 0.217. The van der Waals surface area contributed by atoms with E-state index in [1.165, 1.54) is 23.5 Å². The Bertz CT molecular complexity index is 1350. The molecular weight excluding hydrogens is 427 g/mol. The van der Waals surface area contributed by atoms with Crippen molar-refractivity contribution in [3.8, 4) is 27.9 Å². The predicted octanol–water partition coefficient (Wildman–Crippen LogP) is 3.52. The molecule has 32 heavy (non-hydrogen) atoms. The molecule has 0 spiro atoms. The van der Waals surface area contributed by atoms with Crippen molar-refractivity contribution < 1.29 is 9.18 Å². The van der Waals surface area contributed by atoms with Crippen molar-refractivity contribution in [1.82, 2.24) is 24.4 Å². The number of nitrogens with zero attached hydrogens (tertiary/aromatic N) is 6. The molecule has 0 atom stereocenters. The third-order valence-corrected chi connectivity index (χ3v) is 6.61. The summed E-state index contributed by atoms with van der Waals surface area (Å²) in [4.78, 5) is 21.9. The lowest BCUT2D eigenvalue weighted by Gasteiger charge is -2.32. The van der Waals surface area contributed by atoms with E-state index in [2.05, 4.69) is 22.0 Å². The smallest absolute Gasteiger partial charge is 0.253 e. The molecule has 0 saturated carbocycles. The predicted molar refractivity (Wildman–Crippen MR) is 120 cm³/mol. The highest BCUT2D eigenvalue weighted by Gasteiger charge is 2.21. The first-order valence-corrected chi connectivity index (χ1v) is 11.0. The van der Waals surface area contributed by atoms with E-state index in [1.807, 2.05) is 35.2 Å². The second kappa shape index (κ2) is 8.15. The number of aromatic nitrogens is 3. The second-order valence-electron chi connectivity index (χ2n) is 7.72. The zero-order valence-electron chi connectivity index (χ0n) is 17.3. The van der Waals surface area contributed by atoms with Crippen LogP contribution in [0.15, 0.2) is 48.7 Å². The van der Waals surface area contributed by atoms with Crippen molar-refractivity contribution in [3.63, 3.8) is 0 Å². The number of hydrogen-bond donors (Lipinski definition) is 0. The third kappa shape index (κ3) is 3.64. The number of imidazole rings is 1. The highest BCUT2D eigenvalue weighted by molar-refractivity contribution is 7.19. The van der Waals surface area contributed by atoms with E-state index >= 15 is 0 Å². The van der Waals surface area contributed by atoms with Crippen LogP contribution >= 0.6 is 11.3 Å². The molecule has 2 aromatic heterocycles. The number of amides is 1. The van der Waals surface area contributed by atoms with Crippen LogP contribution in [-0.4, -0.2) is 63.5 Å². The molecule has 7 nitrogen and oxygen atoms in total. The maximum Gasteiger partial charge on any atom is 0.253 e. The minimum Gasteiger partial charge on any atom is -0.336 e. The van der Waals surface area contributed by atoms with Gasteiger partial charge >= 0.3 is 0 Å². The van der Waals surface area contributed by atoms with E-state index in [-0.39, 0.29) is 11.5 Å². The first-order chi connectivity index (χ1) is 15.5. The fourth-order valence-electron chi connectivity index (χ4n) is 3.72. The maximum absolute atomic E-state index is 14.1. The monoisotopic (exact) mass is 446 g/mol. The molecule has 0 unspecified atom stereocenters. The summed E-state index contributed by atoms with van der Waals surface area (Å²) < 4.78 is 15.7. The molecular formula is C23H19FN6OS. The van der Waals surface area contributed by atoms with Gasteiger partial charge in [-0.25, -0.2) is 13.9 Å². The first kappa shape index (κ1) is 20.3. The van der Waals surface area contributed by atoms with E-state index in [1.54, 1.807) is 16.8 Å². The van der Waals surface area contributed by atoms with Crippen molar-refractivity contribution >= 4 is 22.2 Å². The molecule has 0 aliphatic carbocycles. The molecule has 0 radical (unpaired) electrons. The Morgan fingerprint density at radius 1 is 1.09 bits per heavy atom. The van der Waals surface area contributed by atoms with Gasteiger partial charge in [-0.2, -0.15) is 10.4 Å². The van der Waals surface area contributed by atoms with Crippen LogP contribution < -0.4 is 0 Å². The summed E-state index contributed by atoms with van der Waals surface area (Å²) in [5.74, 6) is -0.528. The third-order valence-electron chi connectivity index (χ3n) is 5.64. The van der Waals surface area contributed by atoms with Gasteiger partial charge in [0, 0.05) is 42.9 Å². The molecule has 2 aromatic carbocycles. The zero-order chi connectivity index (χ0) is 22.2. The Hall–Kier alpha value is -3.61. The van der Waals surface area contributed by atoms with E-state index in [0.29, 0.717) is 21.8 Å². The quantitative estimate of drug-likeness (QED) is 0.481. The lowest BCUT2D eigenvalue weighted by atomic mass is 10.1. The zero-order valence-corrected chi connectivity index (χ0v) is 18.1. The molecule has 3 heterocycles. The molecule has 0 bridgehead atoms. The van der Waals surface area contributed by atoms with Gasteiger partial charge in [0.1, 0.15) is 16.9 Å². The summed E-state index contributed by atoms with van der Waals surface area (Å²) in [5.41, 5.74) is 2.78. The minimum atomic E-state index is -0.573. The van der Waals surface area contributed by atoms with E-state index < -0.39 is 5.82 Å². The molecule has 1 aliphatic rings.